The second-order valence-corrected chi connectivity index (χ2v) is 5.03. The lowest BCUT2D eigenvalue weighted by molar-refractivity contribution is 0.809. The molecule has 16 heavy (non-hydrogen) atoms. The standard InChI is InChI=1S/C11H16N4S/c1-4-12-11-14-8(2)6-15(11)7-10-5-13-9(3)16-10/h5-6H,4,7H2,1-3H3,(H,12,14). The molecule has 0 saturated heterocycles. The highest BCUT2D eigenvalue weighted by atomic mass is 32.1. The van der Waals surface area contributed by atoms with Gasteiger partial charge < -0.3 is 9.88 Å². The Balaban J connectivity index is 2.19. The summed E-state index contributed by atoms with van der Waals surface area (Å²) in [6.07, 6.45) is 4.00. The Hall–Kier alpha value is -1.36. The fourth-order valence-corrected chi connectivity index (χ4v) is 2.41. The minimum Gasteiger partial charge on any atom is -0.356 e. The van der Waals surface area contributed by atoms with Crippen molar-refractivity contribution in [2.45, 2.75) is 27.3 Å². The average Bonchev–Trinajstić information content (AvgIpc) is 2.76. The molecule has 0 aromatic carbocycles. The summed E-state index contributed by atoms with van der Waals surface area (Å²) >= 11 is 1.73. The lowest BCUT2D eigenvalue weighted by Gasteiger charge is -2.06. The molecule has 0 atom stereocenters. The van der Waals surface area contributed by atoms with Crippen LogP contribution in [0.15, 0.2) is 12.4 Å². The summed E-state index contributed by atoms with van der Waals surface area (Å²) in [5.74, 6) is 0.936. The van der Waals surface area contributed by atoms with Crippen LogP contribution < -0.4 is 5.32 Å². The van der Waals surface area contributed by atoms with Gasteiger partial charge in [0.05, 0.1) is 17.2 Å². The molecule has 0 aliphatic heterocycles. The number of nitrogens with zero attached hydrogens (tertiary/aromatic N) is 3. The van der Waals surface area contributed by atoms with Gasteiger partial charge in [0.25, 0.3) is 0 Å². The molecule has 0 aliphatic rings. The van der Waals surface area contributed by atoms with Crippen LogP contribution in [0.1, 0.15) is 22.5 Å². The predicted octanol–water partition coefficient (Wildman–Crippen LogP) is 2.44. The van der Waals surface area contributed by atoms with E-state index in [9.17, 15) is 0 Å². The maximum atomic E-state index is 4.44. The first kappa shape index (κ1) is 11.1. The Kier molecular flexibility index (Phi) is 3.24. The molecule has 0 radical (unpaired) electrons. The van der Waals surface area contributed by atoms with E-state index in [2.05, 4.69) is 33.0 Å². The van der Waals surface area contributed by atoms with Crippen molar-refractivity contribution >= 4 is 17.3 Å². The third-order valence-electron chi connectivity index (χ3n) is 2.23. The number of rotatable bonds is 4. The van der Waals surface area contributed by atoms with E-state index in [1.807, 2.05) is 20.0 Å². The molecule has 0 spiro atoms. The first-order valence-electron chi connectivity index (χ1n) is 5.38. The number of hydrogen-bond donors (Lipinski definition) is 1. The minimum absolute atomic E-state index is 0.842. The quantitative estimate of drug-likeness (QED) is 0.886. The maximum absolute atomic E-state index is 4.44. The van der Waals surface area contributed by atoms with E-state index >= 15 is 0 Å². The van der Waals surface area contributed by atoms with E-state index in [0.29, 0.717) is 0 Å². The van der Waals surface area contributed by atoms with E-state index < -0.39 is 0 Å². The van der Waals surface area contributed by atoms with Crippen LogP contribution in [0.4, 0.5) is 5.95 Å². The second kappa shape index (κ2) is 4.65. The molecular weight excluding hydrogens is 220 g/mol. The van der Waals surface area contributed by atoms with Crippen LogP contribution in [0.5, 0.6) is 0 Å². The Morgan fingerprint density at radius 1 is 1.44 bits per heavy atom. The van der Waals surface area contributed by atoms with Gasteiger partial charge in [-0.1, -0.05) is 0 Å². The largest absolute Gasteiger partial charge is 0.356 e. The molecule has 0 amide bonds. The van der Waals surface area contributed by atoms with Crippen LogP contribution in [-0.2, 0) is 6.54 Å². The first-order chi connectivity index (χ1) is 7.69. The van der Waals surface area contributed by atoms with Gasteiger partial charge in [-0.15, -0.1) is 11.3 Å². The topological polar surface area (TPSA) is 42.7 Å². The summed E-state index contributed by atoms with van der Waals surface area (Å²) < 4.78 is 2.13. The summed E-state index contributed by atoms with van der Waals surface area (Å²) in [4.78, 5) is 9.96. The Bertz CT molecular complexity index is 472. The van der Waals surface area contributed by atoms with Crippen LogP contribution in [0.2, 0.25) is 0 Å². The van der Waals surface area contributed by atoms with Crippen LogP contribution in [0, 0.1) is 13.8 Å². The van der Waals surface area contributed by atoms with Crippen molar-refractivity contribution in [2.24, 2.45) is 0 Å². The molecule has 0 unspecified atom stereocenters. The molecule has 0 bridgehead atoms. The SMILES string of the molecule is CCNc1nc(C)cn1Cc1cnc(C)s1. The Morgan fingerprint density at radius 3 is 2.88 bits per heavy atom. The lowest BCUT2D eigenvalue weighted by atomic mass is 10.5. The van der Waals surface area contributed by atoms with Crippen molar-refractivity contribution in [1.29, 1.82) is 0 Å². The predicted molar refractivity (Wildman–Crippen MR) is 67.1 cm³/mol. The van der Waals surface area contributed by atoms with Crippen LogP contribution in [0.25, 0.3) is 0 Å². The molecule has 5 heteroatoms. The van der Waals surface area contributed by atoms with E-state index in [-0.39, 0.29) is 0 Å². The van der Waals surface area contributed by atoms with Crippen LogP contribution in [0.3, 0.4) is 0 Å². The zero-order valence-electron chi connectivity index (χ0n) is 9.82. The highest BCUT2D eigenvalue weighted by Crippen LogP contribution is 2.16. The van der Waals surface area contributed by atoms with Crippen LogP contribution in [-0.4, -0.2) is 21.1 Å². The summed E-state index contributed by atoms with van der Waals surface area (Å²) in [7, 11) is 0. The van der Waals surface area contributed by atoms with Crippen LogP contribution >= 0.6 is 11.3 Å². The molecular formula is C11H16N4S. The van der Waals surface area contributed by atoms with Crippen molar-refractivity contribution in [3.8, 4) is 0 Å². The smallest absolute Gasteiger partial charge is 0.203 e. The number of imidazole rings is 1. The molecule has 0 aliphatic carbocycles. The number of aromatic nitrogens is 3. The zero-order chi connectivity index (χ0) is 11.5. The zero-order valence-corrected chi connectivity index (χ0v) is 10.6. The van der Waals surface area contributed by atoms with Gasteiger partial charge in [0.2, 0.25) is 5.95 Å². The molecule has 0 saturated carbocycles. The summed E-state index contributed by atoms with van der Waals surface area (Å²) in [5.41, 5.74) is 1.04. The van der Waals surface area contributed by atoms with Gasteiger partial charge >= 0.3 is 0 Å². The molecule has 4 nitrogen and oxygen atoms in total. The molecule has 1 N–H and O–H groups in total. The Morgan fingerprint density at radius 2 is 2.25 bits per heavy atom. The summed E-state index contributed by atoms with van der Waals surface area (Å²) in [6.45, 7) is 7.84. The van der Waals surface area contributed by atoms with Gasteiger partial charge in [0.1, 0.15) is 0 Å². The fourth-order valence-electron chi connectivity index (χ4n) is 1.61. The van der Waals surface area contributed by atoms with Gasteiger partial charge in [0, 0.05) is 23.8 Å². The molecule has 2 rings (SSSR count). The molecule has 2 heterocycles. The van der Waals surface area contributed by atoms with Crippen molar-refractivity contribution < 1.29 is 0 Å². The highest BCUT2D eigenvalue weighted by molar-refractivity contribution is 7.11. The summed E-state index contributed by atoms with van der Waals surface area (Å²) in [6, 6.07) is 0. The first-order valence-corrected chi connectivity index (χ1v) is 6.19. The number of hydrogen-bond acceptors (Lipinski definition) is 4. The molecule has 0 fully saturated rings. The lowest BCUT2D eigenvalue weighted by Crippen LogP contribution is -2.06. The molecule has 86 valence electrons. The molecule has 2 aromatic heterocycles. The van der Waals surface area contributed by atoms with Gasteiger partial charge in [0.15, 0.2) is 0 Å². The van der Waals surface area contributed by atoms with E-state index in [0.717, 1.165) is 29.7 Å². The van der Waals surface area contributed by atoms with Gasteiger partial charge in [-0.25, -0.2) is 9.97 Å². The molecule has 2 aromatic rings. The third-order valence-corrected chi connectivity index (χ3v) is 3.12. The average molecular weight is 236 g/mol. The van der Waals surface area contributed by atoms with E-state index in [4.69, 9.17) is 0 Å². The van der Waals surface area contributed by atoms with Crippen molar-refractivity contribution in [1.82, 2.24) is 14.5 Å². The highest BCUT2D eigenvalue weighted by Gasteiger charge is 2.06. The fraction of sp³-hybridized carbons (Fsp3) is 0.455. The van der Waals surface area contributed by atoms with E-state index in [1.165, 1.54) is 4.88 Å². The van der Waals surface area contributed by atoms with Gasteiger partial charge in [-0.05, 0) is 20.8 Å². The number of aryl methyl sites for hydroxylation is 2. The number of nitrogens with one attached hydrogen (secondary N) is 1. The second-order valence-electron chi connectivity index (χ2n) is 3.71. The number of anilines is 1. The Labute approximate surface area is 99.4 Å². The minimum atomic E-state index is 0.842. The summed E-state index contributed by atoms with van der Waals surface area (Å²) in [5, 5.41) is 4.37. The van der Waals surface area contributed by atoms with Crippen molar-refractivity contribution in [3.63, 3.8) is 0 Å². The van der Waals surface area contributed by atoms with Crippen molar-refractivity contribution in [2.75, 3.05) is 11.9 Å². The van der Waals surface area contributed by atoms with Gasteiger partial charge in [-0.2, -0.15) is 0 Å². The monoisotopic (exact) mass is 236 g/mol. The third kappa shape index (κ3) is 2.41. The van der Waals surface area contributed by atoms with Gasteiger partial charge in [-0.3, -0.25) is 0 Å². The normalized spacial score (nSPS) is 10.7. The van der Waals surface area contributed by atoms with E-state index in [1.54, 1.807) is 11.3 Å². The number of thiazole rings is 1. The maximum Gasteiger partial charge on any atom is 0.203 e. The van der Waals surface area contributed by atoms with Crippen molar-refractivity contribution in [3.05, 3.63) is 28.0 Å².